The van der Waals surface area contributed by atoms with Crippen LogP contribution >= 0.6 is 0 Å². The average Bonchev–Trinajstić information content (AvgIpc) is 2.40. The van der Waals surface area contributed by atoms with Crippen molar-refractivity contribution < 1.29 is 23.0 Å². The van der Waals surface area contributed by atoms with Crippen LogP contribution in [-0.2, 0) is 16.5 Å². The zero-order chi connectivity index (χ0) is 15.3. The molecule has 2 aliphatic rings. The topological polar surface area (TPSA) is 45.6 Å². The van der Waals surface area contributed by atoms with Crippen molar-refractivity contribution in [3.63, 3.8) is 0 Å². The molecule has 2 aliphatic heterocycles. The number of aromatic nitrogens is 1. The van der Waals surface area contributed by atoms with Gasteiger partial charge in [0.25, 0.3) is 0 Å². The van der Waals surface area contributed by atoms with Gasteiger partial charge < -0.3 is 9.84 Å². The van der Waals surface area contributed by atoms with E-state index < -0.39 is 17.3 Å². The number of pyridine rings is 1. The quantitative estimate of drug-likeness (QED) is 0.859. The second-order valence-electron chi connectivity index (χ2n) is 5.88. The van der Waals surface area contributed by atoms with Gasteiger partial charge in [-0.05, 0) is 32.0 Å². The molecule has 3 heterocycles. The lowest BCUT2D eigenvalue weighted by molar-refractivity contribution is -0.142. The van der Waals surface area contributed by atoms with Gasteiger partial charge in [0.2, 0.25) is 0 Å². The summed E-state index contributed by atoms with van der Waals surface area (Å²) in [4.78, 5) is 6.12. The predicted octanol–water partition coefficient (Wildman–Crippen LogP) is 1.78. The fourth-order valence-corrected chi connectivity index (χ4v) is 3.21. The molecule has 116 valence electrons. The molecule has 1 aromatic heterocycles. The summed E-state index contributed by atoms with van der Waals surface area (Å²) in [6.45, 7) is 0.961. The number of morpholine rings is 1. The highest BCUT2D eigenvalue weighted by atomic mass is 19.4. The van der Waals surface area contributed by atoms with Gasteiger partial charge in [-0.15, -0.1) is 0 Å². The third kappa shape index (κ3) is 2.65. The normalized spacial score (nSPS) is 34.0. The molecule has 0 spiro atoms. The van der Waals surface area contributed by atoms with E-state index in [1.807, 2.05) is 7.05 Å². The van der Waals surface area contributed by atoms with Gasteiger partial charge in [-0.3, -0.25) is 9.88 Å². The molecule has 0 amide bonds. The van der Waals surface area contributed by atoms with Crippen molar-refractivity contribution in [3.05, 3.63) is 29.6 Å². The van der Waals surface area contributed by atoms with E-state index >= 15 is 0 Å². The lowest BCUT2D eigenvalue weighted by atomic mass is 9.79. The molecule has 0 aromatic carbocycles. The molecule has 2 saturated heterocycles. The average molecular weight is 302 g/mol. The first kappa shape index (κ1) is 14.7. The van der Waals surface area contributed by atoms with Crippen LogP contribution in [-0.4, -0.2) is 47.3 Å². The standard InChI is InChI=1S/C14H17F3N2O2/c1-19-10-5-13(20,6-11(19)8-21-7-10)12-4-9(2-3-18-12)14(15,16)17/h2-4,10-11,20H,5-8H2,1H3. The first-order valence-electron chi connectivity index (χ1n) is 6.85. The summed E-state index contributed by atoms with van der Waals surface area (Å²) in [6, 6.07) is 1.88. The zero-order valence-corrected chi connectivity index (χ0v) is 11.6. The molecule has 4 nitrogen and oxygen atoms in total. The van der Waals surface area contributed by atoms with Crippen LogP contribution in [0.25, 0.3) is 0 Å². The van der Waals surface area contributed by atoms with Gasteiger partial charge in [0.15, 0.2) is 0 Å². The van der Waals surface area contributed by atoms with Crippen molar-refractivity contribution in [2.45, 2.75) is 36.7 Å². The third-order valence-electron chi connectivity index (χ3n) is 4.48. The molecule has 0 saturated carbocycles. The molecule has 2 bridgehead atoms. The summed E-state index contributed by atoms with van der Waals surface area (Å²) in [5.74, 6) is 0. The second-order valence-corrected chi connectivity index (χ2v) is 5.88. The Hall–Kier alpha value is -1.18. The van der Waals surface area contributed by atoms with Crippen LogP contribution in [0.2, 0.25) is 0 Å². The summed E-state index contributed by atoms with van der Waals surface area (Å²) in [5, 5.41) is 10.8. The minimum atomic E-state index is -4.43. The Balaban J connectivity index is 1.93. The van der Waals surface area contributed by atoms with Gasteiger partial charge >= 0.3 is 6.18 Å². The monoisotopic (exact) mass is 302 g/mol. The van der Waals surface area contributed by atoms with Gasteiger partial charge in [0.05, 0.1) is 24.5 Å². The Bertz CT molecular complexity index is 521. The molecule has 2 fully saturated rings. The third-order valence-corrected chi connectivity index (χ3v) is 4.48. The molecular weight excluding hydrogens is 285 g/mol. The second kappa shape index (κ2) is 4.93. The fraction of sp³-hybridized carbons (Fsp3) is 0.643. The first-order chi connectivity index (χ1) is 9.79. The lowest BCUT2D eigenvalue weighted by Gasteiger charge is -2.49. The van der Waals surface area contributed by atoms with Crippen LogP contribution in [0.1, 0.15) is 24.1 Å². The number of alkyl halides is 3. The molecule has 7 heteroatoms. The van der Waals surface area contributed by atoms with Crippen LogP contribution in [0.5, 0.6) is 0 Å². The van der Waals surface area contributed by atoms with E-state index in [9.17, 15) is 18.3 Å². The number of aliphatic hydroxyl groups is 1. The van der Waals surface area contributed by atoms with Gasteiger partial charge in [0.1, 0.15) is 5.60 Å². The van der Waals surface area contributed by atoms with Crippen LogP contribution in [0.15, 0.2) is 18.3 Å². The molecule has 1 N–H and O–H groups in total. The maximum atomic E-state index is 12.8. The van der Waals surface area contributed by atoms with Crippen molar-refractivity contribution in [1.29, 1.82) is 0 Å². The van der Waals surface area contributed by atoms with Gasteiger partial charge in [0, 0.05) is 18.3 Å². The van der Waals surface area contributed by atoms with Crippen molar-refractivity contribution >= 4 is 0 Å². The Labute approximate surface area is 120 Å². The maximum Gasteiger partial charge on any atom is 0.416 e. The number of fused-ring (bicyclic) bond motifs is 2. The van der Waals surface area contributed by atoms with E-state index in [0.717, 1.165) is 18.3 Å². The molecule has 21 heavy (non-hydrogen) atoms. The van der Waals surface area contributed by atoms with E-state index in [1.165, 1.54) is 0 Å². The van der Waals surface area contributed by atoms with Gasteiger partial charge in [-0.1, -0.05) is 0 Å². The van der Waals surface area contributed by atoms with Crippen LogP contribution in [0.4, 0.5) is 13.2 Å². The molecule has 2 atom stereocenters. The zero-order valence-electron chi connectivity index (χ0n) is 11.6. The number of ether oxygens (including phenoxy) is 1. The number of halogens is 3. The predicted molar refractivity (Wildman–Crippen MR) is 68.5 cm³/mol. The lowest BCUT2D eigenvalue weighted by Crippen LogP contribution is -2.59. The maximum absolute atomic E-state index is 12.8. The summed E-state index contributed by atoms with van der Waals surface area (Å²) in [5.41, 5.74) is -2.00. The van der Waals surface area contributed by atoms with E-state index in [-0.39, 0.29) is 17.8 Å². The Morgan fingerprint density at radius 1 is 1.33 bits per heavy atom. The molecular formula is C14H17F3N2O2. The Kier molecular flexibility index (Phi) is 3.46. The molecule has 0 radical (unpaired) electrons. The molecule has 1 aromatic rings. The highest BCUT2D eigenvalue weighted by molar-refractivity contribution is 5.25. The number of hydrogen-bond donors (Lipinski definition) is 1. The largest absolute Gasteiger partial charge is 0.416 e. The van der Waals surface area contributed by atoms with E-state index in [0.29, 0.717) is 26.1 Å². The number of hydrogen-bond acceptors (Lipinski definition) is 4. The molecule has 0 aliphatic carbocycles. The Morgan fingerprint density at radius 3 is 2.52 bits per heavy atom. The van der Waals surface area contributed by atoms with Crippen molar-refractivity contribution in [1.82, 2.24) is 9.88 Å². The Morgan fingerprint density at radius 2 is 1.95 bits per heavy atom. The fourth-order valence-electron chi connectivity index (χ4n) is 3.21. The van der Waals surface area contributed by atoms with E-state index in [1.54, 1.807) is 0 Å². The van der Waals surface area contributed by atoms with Crippen LogP contribution < -0.4 is 0 Å². The summed E-state index contributed by atoms with van der Waals surface area (Å²) in [6.07, 6.45) is -2.66. The number of piperidine rings is 1. The SMILES string of the molecule is CN1C2COCC1CC(O)(c1cc(C(F)(F)F)ccn1)C2. The van der Waals surface area contributed by atoms with E-state index in [2.05, 4.69) is 9.88 Å². The minimum absolute atomic E-state index is 0.00107. The smallest absolute Gasteiger partial charge is 0.383 e. The molecule has 3 rings (SSSR count). The number of likely N-dealkylation sites (N-methyl/N-ethyl adjacent to an activating group) is 1. The van der Waals surface area contributed by atoms with Gasteiger partial charge in [-0.25, -0.2) is 0 Å². The highest BCUT2D eigenvalue weighted by Crippen LogP contribution is 2.40. The highest BCUT2D eigenvalue weighted by Gasteiger charge is 2.47. The summed E-state index contributed by atoms with van der Waals surface area (Å²) < 4.78 is 43.9. The minimum Gasteiger partial charge on any atom is -0.383 e. The van der Waals surface area contributed by atoms with E-state index in [4.69, 9.17) is 4.74 Å². The summed E-state index contributed by atoms with van der Waals surface area (Å²) in [7, 11) is 1.96. The van der Waals surface area contributed by atoms with Gasteiger partial charge in [-0.2, -0.15) is 13.2 Å². The van der Waals surface area contributed by atoms with Crippen molar-refractivity contribution in [2.24, 2.45) is 0 Å². The summed E-state index contributed by atoms with van der Waals surface area (Å²) >= 11 is 0. The first-order valence-corrected chi connectivity index (χ1v) is 6.85. The van der Waals surface area contributed by atoms with Crippen LogP contribution in [0, 0.1) is 0 Å². The number of nitrogens with zero attached hydrogens (tertiary/aromatic N) is 2. The van der Waals surface area contributed by atoms with Crippen molar-refractivity contribution in [3.8, 4) is 0 Å². The van der Waals surface area contributed by atoms with Crippen molar-refractivity contribution in [2.75, 3.05) is 20.3 Å². The molecule has 2 unspecified atom stereocenters. The number of rotatable bonds is 1. The van der Waals surface area contributed by atoms with Crippen LogP contribution in [0.3, 0.4) is 0 Å².